The van der Waals surface area contributed by atoms with E-state index in [1.807, 2.05) is 6.07 Å². The van der Waals surface area contributed by atoms with E-state index in [1.54, 1.807) is 16.8 Å². The van der Waals surface area contributed by atoms with Gasteiger partial charge in [-0.15, -0.1) is 0 Å². The van der Waals surface area contributed by atoms with E-state index in [1.165, 1.54) is 0 Å². The van der Waals surface area contributed by atoms with Gasteiger partial charge in [-0.05, 0) is 41.0 Å². The van der Waals surface area contributed by atoms with Gasteiger partial charge in [0.1, 0.15) is 0 Å². The highest BCUT2D eigenvalue weighted by Crippen LogP contribution is 2.00. The maximum Gasteiger partial charge on any atom is 0.264 e. The van der Waals surface area contributed by atoms with Gasteiger partial charge in [0.25, 0.3) is 5.56 Å². The Bertz CT molecular complexity index is 308. The van der Waals surface area contributed by atoms with Gasteiger partial charge in [0.15, 0.2) is 0 Å². The van der Waals surface area contributed by atoms with Gasteiger partial charge in [-0.25, -0.2) is 0 Å². The van der Waals surface area contributed by atoms with Crippen LogP contribution in [0.15, 0.2) is 27.6 Å². The fourth-order valence-electron chi connectivity index (χ4n) is 0.945. The molecular weight excluding hydrogens is 220 g/mol. The van der Waals surface area contributed by atoms with Crippen LogP contribution in [0.2, 0.25) is 0 Å². The molecular formula is C8H11BrN2O. The number of halogens is 1. The van der Waals surface area contributed by atoms with Crippen molar-refractivity contribution < 1.29 is 0 Å². The average Bonchev–Trinajstić information content (AvgIpc) is 2.08. The van der Waals surface area contributed by atoms with Crippen molar-refractivity contribution in [2.75, 3.05) is 6.54 Å². The molecule has 0 fully saturated rings. The standard InChI is InChI=1S/C8H11BrN2O/c9-7-3-1-5-11(8(7)12)6-2-4-10/h1,3,5H,2,4,6,10H2. The maximum absolute atomic E-state index is 11.3. The summed E-state index contributed by atoms with van der Waals surface area (Å²) >= 11 is 3.17. The highest BCUT2D eigenvalue weighted by Gasteiger charge is 1.97. The van der Waals surface area contributed by atoms with Crippen LogP contribution in [0.5, 0.6) is 0 Å². The molecule has 0 aromatic carbocycles. The summed E-state index contributed by atoms with van der Waals surface area (Å²) in [5.41, 5.74) is 5.34. The summed E-state index contributed by atoms with van der Waals surface area (Å²) in [7, 11) is 0. The maximum atomic E-state index is 11.3. The molecule has 0 unspecified atom stereocenters. The van der Waals surface area contributed by atoms with E-state index >= 15 is 0 Å². The zero-order valence-electron chi connectivity index (χ0n) is 6.66. The van der Waals surface area contributed by atoms with E-state index in [-0.39, 0.29) is 5.56 Å². The monoisotopic (exact) mass is 230 g/mol. The molecule has 0 aliphatic carbocycles. The molecule has 0 aliphatic rings. The molecule has 12 heavy (non-hydrogen) atoms. The number of hydrogen-bond donors (Lipinski definition) is 1. The number of hydrogen-bond acceptors (Lipinski definition) is 2. The van der Waals surface area contributed by atoms with Crippen LogP contribution in [0.3, 0.4) is 0 Å². The lowest BCUT2D eigenvalue weighted by atomic mass is 10.4. The summed E-state index contributed by atoms with van der Waals surface area (Å²) in [6.07, 6.45) is 2.60. The predicted octanol–water partition coefficient (Wildman–Crippen LogP) is 0.960. The molecule has 0 atom stereocenters. The van der Waals surface area contributed by atoms with E-state index in [0.717, 1.165) is 6.42 Å². The molecule has 0 saturated carbocycles. The van der Waals surface area contributed by atoms with Gasteiger partial charge in [-0.3, -0.25) is 4.79 Å². The Morgan fingerprint density at radius 3 is 3.00 bits per heavy atom. The number of rotatable bonds is 3. The van der Waals surface area contributed by atoms with Gasteiger partial charge < -0.3 is 10.3 Å². The summed E-state index contributed by atoms with van der Waals surface area (Å²) in [6, 6.07) is 3.57. The summed E-state index contributed by atoms with van der Waals surface area (Å²) < 4.78 is 2.25. The van der Waals surface area contributed by atoms with Crippen LogP contribution in [0, 0.1) is 0 Å². The molecule has 0 radical (unpaired) electrons. The number of aromatic nitrogens is 1. The normalized spacial score (nSPS) is 10.2. The SMILES string of the molecule is NCCCn1cccc(Br)c1=O. The quantitative estimate of drug-likeness (QED) is 0.842. The largest absolute Gasteiger partial charge is 0.330 e. The van der Waals surface area contributed by atoms with E-state index in [9.17, 15) is 4.79 Å². The van der Waals surface area contributed by atoms with Crippen LogP contribution in [0.4, 0.5) is 0 Å². The molecule has 0 bridgehead atoms. The van der Waals surface area contributed by atoms with Crippen molar-refractivity contribution in [3.05, 3.63) is 33.2 Å². The Morgan fingerprint density at radius 1 is 1.58 bits per heavy atom. The first kappa shape index (κ1) is 9.48. The van der Waals surface area contributed by atoms with Crippen molar-refractivity contribution in [2.24, 2.45) is 5.73 Å². The van der Waals surface area contributed by atoms with Gasteiger partial charge in [0, 0.05) is 12.7 Å². The van der Waals surface area contributed by atoms with Crippen molar-refractivity contribution in [3.63, 3.8) is 0 Å². The van der Waals surface area contributed by atoms with E-state index in [2.05, 4.69) is 15.9 Å². The second-order valence-electron chi connectivity index (χ2n) is 2.50. The zero-order chi connectivity index (χ0) is 8.97. The third kappa shape index (κ3) is 2.19. The van der Waals surface area contributed by atoms with Gasteiger partial charge in [0.2, 0.25) is 0 Å². The van der Waals surface area contributed by atoms with Crippen LogP contribution in [0.25, 0.3) is 0 Å². The van der Waals surface area contributed by atoms with Crippen LogP contribution in [-0.2, 0) is 6.54 Å². The Morgan fingerprint density at radius 2 is 2.33 bits per heavy atom. The summed E-state index contributed by atoms with van der Waals surface area (Å²) in [5, 5.41) is 0. The molecule has 66 valence electrons. The Kier molecular flexibility index (Phi) is 3.49. The first-order valence-corrected chi connectivity index (χ1v) is 4.60. The van der Waals surface area contributed by atoms with Crippen molar-refractivity contribution in [2.45, 2.75) is 13.0 Å². The first-order chi connectivity index (χ1) is 5.75. The fourth-order valence-corrected chi connectivity index (χ4v) is 1.33. The molecule has 0 saturated heterocycles. The van der Waals surface area contributed by atoms with E-state index in [4.69, 9.17) is 5.73 Å². The third-order valence-corrected chi connectivity index (χ3v) is 2.18. The smallest absolute Gasteiger partial charge is 0.264 e. The number of nitrogens with zero attached hydrogens (tertiary/aromatic N) is 1. The van der Waals surface area contributed by atoms with Gasteiger partial charge >= 0.3 is 0 Å². The van der Waals surface area contributed by atoms with Gasteiger partial charge in [0.05, 0.1) is 4.47 Å². The number of nitrogens with two attached hydrogens (primary N) is 1. The molecule has 1 heterocycles. The molecule has 1 aromatic rings. The molecule has 0 aliphatic heterocycles. The fraction of sp³-hybridized carbons (Fsp3) is 0.375. The minimum atomic E-state index is 0.00551. The molecule has 1 aromatic heterocycles. The van der Waals surface area contributed by atoms with Crippen molar-refractivity contribution in [1.82, 2.24) is 4.57 Å². The molecule has 2 N–H and O–H groups in total. The van der Waals surface area contributed by atoms with Crippen LogP contribution < -0.4 is 11.3 Å². The second-order valence-corrected chi connectivity index (χ2v) is 3.35. The molecule has 1 rings (SSSR count). The molecule has 4 heteroatoms. The summed E-state index contributed by atoms with van der Waals surface area (Å²) in [6.45, 7) is 1.30. The Labute approximate surface area is 79.3 Å². The lowest BCUT2D eigenvalue weighted by Gasteiger charge is -2.03. The van der Waals surface area contributed by atoms with Crippen molar-refractivity contribution in [3.8, 4) is 0 Å². The molecule has 3 nitrogen and oxygen atoms in total. The van der Waals surface area contributed by atoms with E-state index in [0.29, 0.717) is 17.6 Å². The minimum absolute atomic E-state index is 0.00551. The summed E-state index contributed by atoms with van der Waals surface area (Å²) in [4.78, 5) is 11.3. The lowest BCUT2D eigenvalue weighted by Crippen LogP contribution is -2.20. The predicted molar refractivity (Wildman–Crippen MR) is 52.1 cm³/mol. The minimum Gasteiger partial charge on any atom is -0.330 e. The van der Waals surface area contributed by atoms with Crippen LogP contribution in [-0.4, -0.2) is 11.1 Å². The first-order valence-electron chi connectivity index (χ1n) is 3.80. The average molecular weight is 231 g/mol. The molecule has 0 amide bonds. The highest BCUT2D eigenvalue weighted by atomic mass is 79.9. The van der Waals surface area contributed by atoms with Gasteiger partial charge in [-0.2, -0.15) is 0 Å². The van der Waals surface area contributed by atoms with Crippen molar-refractivity contribution >= 4 is 15.9 Å². The summed E-state index contributed by atoms with van der Waals surface area (Å²) in [5.74, 6) is 0. The van der Waals surface area contributed by atoms with Gasteiger partial charge in [-0.1, -0.05) is 0 Å². The van der Waals surface area contributed by atoms with Crippen LogP contribution >= 0.6 is 15.9 Å². The Hall–Kier alpha value is -0.610. The lowest BCUT2D eigenvalue weighted by molar-refractivity contribution is 0.627. The second kappa shape index (κ2) is 4.42. The molecule has 0 spiro atoms. The Balaban J connectivity index is 2.85. The zero-order valence-corrected chi connectivity index (χ0v) is 8.25. The topological polar surface area (TPSA) is 48.0 Å². The van der Waals surface area contributed by atoms with Crippen LogP contribution in [0.1, 0.15) is 6.42 Å². The number of pyridine rings is 1. The highest BCUT2D eigenvalue weighted by molar-refractivity contribution is 9.10. The number of aryl methyl sites for hydroxylation is 1. The third-order valence-electron chi connectivity index (χ3n) is 1.58. The van der Waals surface area contributed by atoms with Crippen molar-refractivity contribution in [1.29, 1.82) is 0 Å². The van der Waals surface area contributed by atoms with E-state index < -0.39 is 0 Å².